The van der Waals surface area contributed by atoms with Crippen molar-refractivity contribution in [2.45, 2.75) is 5.92 Å². The fraction of sp³-hybridized carbons (Fsp3) is 0.0667. The molecule has 0 saturated heterocycles. The zero-order valence-corrected chi connectivity index (χ0v) is 10.3. The summed E-state index contributed by atoms with van der Waals surface area (Å²) in [4.78, 5) is 0. The highest BCUT2D eigenvalue weighted by molar-refractivity contribution is 9.10. The Morgan fingerprint density at radius 3 is 2.56 bits per heavy atom. The fourth-order valence-corrected chi connectivity index (χ4v) is 2.60. The molecule has 0 spiro atoms. The van der Waals surface area contributed by atoms with Gasteiger partial charge < -0.3 is 0 Å². The lowest BCUT2D eigenvalue weighted by Crippen LogP contribution is -1.95. The Labute approximate surface area is 104 Å². The predicted octanol–water partition coefficient (Wildman–Crippen LogP) is 4.61. The number of fused-ring (bicyclic) bond motifs is 1. The van der Waals surface area contributed by atoms with Crippen molar-refractivity contribution in [3.05, 3.63) is 75.8 Å². The second-order valence-corrected chi connectivity index (χ2v) is 4.94. The molecular weight excluding hydrogens is 260 g/mol. The second kappa shape index (κ2) is 3.91. The molecule has 0 fully saturated rings. The largest absolute Gasteiger partial charge is 0.0720 e. The second-order valence-electron chi connectivity index (χ2n) is 4.02. The van der Waals surface area contributed by atoms with Crippen molar-refractivity contribution in [1.82, 2.24) is 0 Å². The molecule has 1 heteroatoms. The lowest BCUT2D eigenvalue weighted by molar-refractivity contribution is 1.05. The van der Waals surface area contributed by atoms with E-state index >= 15 is 0 Å². The van der Waals surface area contributed by atoms with Gasteiger partial charge in [-0.25, -0.2) is 0 Å². The predicted molar refractivity (Wildman–Crippen MR) is 71.5 cm³/mol. The summed E-state index contributed by atoms with van der Waals surface area (Å²) >= 11 is 3.54. The summed E-state index contributed by atoms with van der Waals surface area (Å²) in [5.41, 5.74) is 4.08. The number of hydrogen-bond donors (Lipinski definition) is 0. The summed E-state index contributed by atoms with van der Waals surface area (Å²) in [7, 11) is 0. The summed E-state index contributed by atoms with van der Waals surface area (Å²) in [6.07, 6.45) is 4.48. The van der Waals surface area contributed by atoms with Gasteiger partial charge >= 0.3 is 0 Å². The van der Waals surface area contributed by atoms with Gasteiger partial charge in [-0.3, -0.25) is 0 Å². The van der Waals surface area contributed by atoms with Crippen molar-refractivity contribution in [3.63, 3.8) is 0 Å². The Morgan fingerprint density at radius 1 is 0.938 bits per heavy atom. The van der Waals surface area contributed by atoms with E-state index in [0.717, 1.165) is 4.47 Å². The molecule has 16 heavy (non-hydrogen) atoms. The van der Waals surface area contributed by atoms with Gasteiger partial charge in [0, 0.05) is 10.4 Å². The molecule has 1 aliphatic carbocycles. The molecule has 0 radical (unpaired) electrons. The maximum atomic E-state index is 3.54. The van der Waals surface area contributed by atoms with Crippen molar-refractivity contribution in [2.75, 3.05) is 0 Å². The molecule has 0 heterocycles. The van der Waals surface area contributed by atoms with E-state index in [1.54, 1.807) is 0 Å². The number of benzene rings is 2. The SMILES string of the molecule is Brc1ccc2c(c1)C(c1ccccc1)C=C2. The third-order valence-corrected chi connectivity index (χ3v) is 3.50. The summed E-state index contributed by atoms with van der Waals surface area (Å²) in [6.45, 7) is 0. The van der Waals surface area contributed by atoms with Gasteiger partial charge in [-0.1, -0.05) is 64.5 Å². The maximum absolute atomic E-state index is 3.54. The number of rotatable bonds is 1. The number of hydrogen-bond acceptors (Lipinski definition) is 0. The zero-order valence-electron chi connectivity index (χ0n) is 8.73. The minimum absolute atomic E-state index is 0.411. The van der Waals surface area contributed by atoms with Gasteiger partial charge in [0.1, 0.15) is 0 Å². The van der Waals surface area contributed by atoms with Gasteiger partial charge in [-0.2, -0.15) is 0 Å². The van der Waals surface area contributed by atoms with Crippen LogP contribution in [-0.4, -0.2) is 0 Å². The van der Waals surface area contributed by atoms with Crippen LogP contribution in [0.2, 0.25) is 0 Å². The molecule has 0 bridgehead atoms. The zero-order chi connectivity index (χ0) is 11.0. The van der Waals surface area contributed by atoms with Crippen LogP contribution in [0, 0.1) is 0 Å². The van der Waals surface area contributed by atoms with Crippen LogP contribution < -0.4 is 0 Å². The van der Waals surface area contributed by atoms with Crippen LogP contribution >= 0.6 is 15.9 Å². The van der Waals surface area contributed by atoms with Crippen molar-refractivity contribution in [3.8, 4) is 0 Å². The molecule has 0 amide bonds. The maximum Gasteiger partial charge on any atom is 0.0279 e. The van der Waals surface area contributed by atoms with E-state index in [1.165, 1.54) is 16.7 Å². The van der Waals surface area contributed by atoms with Crippen LogP contribution in [0.4, 0.5) is 0 Å². The molecule has 0 aliphatic heterocycles. The summed E-state index contributed by atoms with van der Waals surface area (Å²) in [5.74, 6) is 0.411. The molecule has 3 rings (SSSR count). The highest BCUT2D eigenvalue weighted by Gasteiger charge is 2.18. The van der Waals surface area contributed by atoms with Crippen LogP contribution in [0.25, 0.3) is 6.08 Å². The van der Waals surface area contributed by atoms with E-state index in [1.807, 2.05) is 0 Å². The fourth-order valence-electron chi connectivity index (χ4n) is 2.22. The van der Waals surface area contributed by atoms with Crippen LogP contribution in [0.5, 0.6) is 0 Å². The first-order valence-electron chi connectivity index (χ1n) is 5.37. The summed E-state index contributed by atoms with van der Waals surface area (Å²) in [5, 5.41) is 0. The van der Waals surface area contributed by atoms with Gasteiger partial charge in [-0.15, -0.1) is 0 Å². The van der Waals surface area contributed by atoms with Crippen molar-refractivity contribution in [2.24, 2.45) is 0 Å². The van der Waals surface area contributed by atoms with Crippen LogP contribution in [0.3, 0.4) is 0 Å². The standard InChI is InChI=1S/C15H11Br/c16-13-8-6-12-7-9-14(15(12)10-13)11-4-2-1-3-5-11/h1-10,14H. The molecule has 0 N–H and O–H groups in total. The first-order chi connectivity index (χ1) is 7.84. The summed E-state index contributed by atoms with van der Waals surface area (Å²) in [6, 6.07) is 17.1. The van der Waals surface area contributed by atoms with Crippen molar-refractivity contribution in [1.29, 1.82) is 0 Å². The van der Waals surface area contributed by atoms with Gasteiger partial charge in [0.2, 0.25) is 0 Å². The minimum atomic E-state index is 0.411. The lowest BCUT2D eigenvalue weighted by Gasteiger charge is -2.11. The Kier molecular flexibility index (Phi) is 2.41. The molecule has 1 unspecified atom stereocenters. The van der Waals surface area contributed by atoms with Gasteiger partial charge in [0.05, 0.1) is 0 Å². The molecule has 0 saturated carbocycles. The van der Waals surface area contributed by atoms with Crippen molar-refractivity contribution < 1.29 is 0 Å². The van der Waals surface area contributed by atoms with Gasteiger partial charge in [0.15, 0.2) is 0 Å². The lowest BCUT2D eigenvalue weighted by atomic mass is 9.93. The molecule has 1 aliphatic rings. The highest BCUT2D eigenvalue weighted by Crippen LogP contribution is 2.36. The average molecular weight is 271 g/mol. The van der Waals surface area contributed by atoms with E-state index in [-0.39, 0.29) is 0 Å². The normalized spacial score (nSPS) is 17.4. The van der Waals surface area contributed by atoms with Gasteiger partial charge in [-0.05, 0) is 28.8 Å². The van der Waals surface area contributed by atoms with E-state index in [9.17, 15) is 0 Å². The van der Waals surface area contributed by atoms with E-state index < -0.39 is 0 Å². The third-order valence-electron chi connectivity index (χ3n) is 3.01. The van der Waals surface area contributed by atoms with E-state index in [2.05, 4.69) is 76.6 Å². The monoisotopic (exact) mass is 270 g/mol. The molecule has 0 aromatic heterocycles. The van der Waals surface area contributed by atoms with Crippen molar-refractivity contribution >= 4 is 22.0 Å². The van der Waals surface area contributed by atoms with Crippen LogP contribution in [0.15, 0.2) is 59.1 Å². The number of allylic oxidation sites excluding steroid dienone is 1. The Balaban J connectivity index is 2.09. The van der Waals surface area contributed by atoms with E-state index in [4.69, 9.17) is 0 Å². The molecule has 1 atom stereocenters. The van der Waals surface area contributed by atoms with Crippen LogP contribution in [0.1, 0.15) is 22.6 Å². The highest BCUT2D eigenvalue weighted by atomic mass is 79.9. The smallest absolute Gasteiger partial charge is 0.0279 e. The Morgan fingerprint density at radius 2 is 1.75 bits per heavy atom. The minimum Gasteiger partial charge on any atom is -0.0720 e. The molecule has 78 valence electrons. The first kappa shape index (κ1) is 9.86. The average Bonchev–Trinajstić information content (AvgIpc) is 2.73. The van der Waals surface area contributed by atoms with Crippen LogP contribution in [-0.2, 0) is 0 Å². The number of halogens is 1. The first-order valence-corrected chi connectivity index (χ1v) is 6.16. The Hall–Kier alpha value is -1.34. The molecule has 0 nitrogen and oxygen atoms in total. The van der Waals surface area contributed by atoms with Gasteiger partial charge in [0.25, 0.3) is 0 Å². The molecular formula is C15H11Br. The topological polar surface area (TPSA) is 0 Å². The third kappa shape index (κ3) is 1.61. The summed E-state index contributed by atoms with van der Waals surface area (Å²) < 4.78 is 1.15. The quantitative estimate of drug-likeness (QED) is 0.710. The molecule has 2 aromatic carbocycles. The van der Waals surface area contributed by atoms with E-state index in [0.29, 0.717) is 5.92 Å². The molecule has 2 aromatic rings. The Bertz CT molecular complexity index is 541.